The fraction of sp³-hybridized carbons (Fsp3) is 0.938. The molecule has 0 aromatic rings. The van der Waals surface area contributed by atoms with E-state index in [2.05, 4.69) is 38.0 Å². The molecule has 1 amide bonds. The van der Waals surface area contributed by atoms with Crippen molar-refractivity contribution in [2.75, 3.05) is 61.0 Å². The molecule has 0 aromatic heterocycles. The molecule has 0 aliphatic heterocycles. The Labute approximate surface area is 131 Å². The van der Waals surface area contributed by atoms with Crippen molar-refractivity contribution in [3.63, 3.8) is 0 Å². The molecule has 0 aliphatic rings. The average Bonchev–Trinajstić information content (AvgIpc) is 2.32. The Kier molecular flexibility index (Phi) is 9.83. The van der Waals surface area contributed by atoms with Crippen LogP contribution >= 0.6 is 0 Å². The molecule has 0 aromatic carbocycles. The standard InChI is InChI=1S/C16H35N3O2/c1-16(2,3)21-14-15(20)19(12-8-10-17(4)5)13-9-11-18(6)7/h8-14H2,1-7H3. The van der Waals surface area contributed by atoms with E-state index in [0.717, 1.165) is 39.0 Å². The Morgan fingerprint density at radius 1 is 0.857 bits per heavy atom. The Bertz CT molecular complexity index is 272. The Morgan fingerprint density at radius 3 is 1.62 bits per heavy atom. The second-order valence-electron chi connectivity index (χ2n) is 7.10. The van der Waals surface area contributed by atoms with Crippen LogP contribution < -0.4 is 0 Å². The van der Waals surface area contributed by atoms with Crippen molar-refractivity contribution in [2.45, 2.75) is 39.2 Å². The smallest absolute Gasteiger partial charge is 0.248 e. The van der Waals surface area contributed by atoms with E-state index in [-0.39, 0.29) is 18.1 Å². The predicted octanol–water partition coefficient (Wildman–Crippen LogP) is 1.53. The first-order chi connectivity index (χ1) is 9.61. The Balaban J connectivity index is 4.29. The fourth-order valence-electron chi connectivity index (χ4n) is 1.89. The maximum Gasteiger partial charge on any atom is 0.248 e. The number of amides is 1. The van der Waals surface area contributed by atoms with Crippen molar-refractivity contribution in [3.05, 3.63) is 0 Å². The molecule has 126 valence electrons. The summed E-state index contributed by atoms with van der Waals surface area (Å²) < 4.78 is 5.61. The second-order valence-corrected chi connectivity index (χ2v) is 7.10. The highest BCUT2D eigenvalue weighted by molar-refractivity contribution is 5.77. The molecule has 0 saturated carbocycles. The van der Waals surface area contributed by atoms with Crippen LogP contribution in [0.5, 0.6) is 0 Å². The van der Waals surface area contributed by atoms with Gasteiger partial charge < -0.3 is 19.4 Å². The maximum atomic E-state index is 12.3. The maximum absolute atomic E-state index is 12.3. The van der Waals surface area contributed by atoms with E-state index in [9.17, 15) is 4.79 Å². The van der Waals surface area contributed by atoms with Crippen LogP contribution in [0.2, 0.25) is 0 Å². The topological polar surface area (TPSA) is 36.0 Å². The SMILES string of the molecule is CN(C)CCCN(CCCN(C)C)C(=O)COC(C)(C)C. The molecule has 5 nitrogen and oxygen atoms in total. The lowest BCUT2D eigenvalue weighted by Crippen LogP contribution is -2.39. The summed E-state index contributed by atoms with van der Waals surface area (Å²) in [6.45, 7) is 9.70. The number of hydrogen-bond acceptors (Lipinski definition) is 4. The normalized spacial score (nSPS) is 12.2. The van der Waals surface area contributed by atoms with E-state index < -0.39 is 0 Å². The van der Waals surface area contributed by atoms with Crippen molar-refractivity contribution in [1.82, 2.24) is 14.7 Å². The molecule has 0 atom stereocenters. The lowest BCUT2D eigenvalue weighted by molar-refractivity contribution is -0.141. The van der Waals surface area contributed by atoms with Crippen molar-refractivity contribution >= 4 is 5.91 Å². The lowest BCUT2D eigenvalue weighted by atomic mass is 10.2. The average molecular weight is 301 g/mol. The lowest BCUT2D eigenvalue weighted by Gasteiger charge is -2.26. The van der Waals surface area contributed by atoms with Crippen molar-refractivity contribution in [1.29, 1.82) is 0 Å². The van der Waals surface area contributed by atoms with E-state index >= 15 is 0 Å². The third-order valence-electron chi connectivity index (χ3n) is 3.05. The van der Waals surface area contributed by atoms with E-state index in [0.29, 0.717) is 0 Å². The third kappa shape index (κ3) is 12.8. The molecule has 0 unspecified atom stereocenters. The van der Waals surface area contributed by atoms with Gasteiger partial charge in [0.25, 0.3) is 0 Å². The van der Waals surface area contributed by atoms with Crippen molar-refractivity contribution in [3.8, 4) is 0 Å². The van der Waals surface area contributed by atoms with Gasteiger partial charge in [-0.25, -0.2) is 0 Å². The summed E-state index contributed by atoms with van der Waals surface area (Å²) in [5.41, 5.74) is -0.269. The molecule has 0 heterocycles. The van der Waals surface area contributed by atoms with Gasteiger partial charge in [0.15, 0.2) is 0 Å². The number of carbonyl (C=O) groups is 1. The van der Waals surface area contributed by atoms with Crippen LogP contribution in [-0.4, -0.2) is 87.2 Å². The molecule has 0 saturated heterocycles. The second kappa shape index (κ2) is 10.1. The largest absolute Gasteiger partial charge is 0.366 e. The van der Waals surface area contributed by atoms with Gasteiger partial charge in [0.05, 0.1) is 5.60 Å². The number of rotatable bonds is 10. The fourth-order valence-corrected chi connectivity index (χ4v) is 1.89. The Morgan fingerprint density at radius 2 is 1.29 bits per heavy atom. The number of nitrogens with zero attached hydrogens (tertiary/aromatic N) is 3. The molecule has 0 aliphatic carbocycles. The summed E-state index contributed by atoms with van der Waals surface area (Å²) in [5, 5.41) is 0. The van der Waals surface area contributed by atoms with Gasteiger partial charge >= 0.3 is 0 Å². The monoisotopic (exact) mass is 301 g/mol. The summed E-state index contributed by atoms with van der Waals surface area (Å²) in [5.74, 6) is 0.0995. The highest BCUT2D eigenvalue weighted by atomic mass is 16.5. The van der Waals surface area contributed by atoms with Crippen molar-refractivity contribution in [2.24, 2.45) is 0 Å². The predicted molar refractivity (Wildman–Crippen MR) is 88.6 cm³/mol. The van der Waals surface area contributed by atoms with Crippen molar-refractivity contribution < 1.29 is 9.53 Å². The van der Waals surface area contributed by atoms with E-state index in [1.807, 2.05) is 25.7 Å². The van der Waals surface area contributed by atoms with Gasteiger partial charge in [-0.1, -0.05) is 0 Å². The zero-order valence-electron chi connectivity index (χ0n) is 15.1. The first kappa shape index (κ1) is 20.3. The zero-order valence-corrected chi connectivity index (χ0v) is 15.1. The highest BCUT2D eigenvalue weighted by Gasteiger charge is 2.17. The van der Waals surface area contributed by atoms with Gasteiger partial charge in [0.1, 0.15) is 6.61 Å². The minimum absolute atomic E-state index is 0.0995. The number of ether oxygens (including phenoxy) is 1. The van der Waals surface area contributed by atoms with Gasteiger partial charge in [-0.05, 0) is 74.9 Å². The molecule has 0 rings (SSSR count). The summed E-state index contributed by atoms with van der Waals surface area (Å²) >= 11 is 0. The number of hydrogen-bond donors (Lipinski definition) is 0. The zero-order chi connectivity index (χ0) is 16.5. The van der Waals surface area contributed by atoms with Crippen LogP contribution in [-0.2, 0) is 9.53 Å². The molecular formula is C16H35N3O2. The van der Waals surface area contributed by atoms with E-state index in [1.165, 1.54) is 0 Å². The highest BCUT2D eigenvalue weighted by Crippen LogP contribution is 2.07. The van der Waals surface area contributed by atoms with Gasteiger partial charge in [-0.2, -0.15) is 0 Å². The number of carbonyl (C=O) groups excluding carboxylic acids is 1. The molecule has 21 heavy (non-hydrogen) atoms. The molecule has 0 bridgehead atoms. The van der Waals surface area contributed by atoms with Crippen LogP contribution in [0.25, 0.3) is 0 Å². The third-order valence-corrected chi connectivity index (χ3v) is 3.05. The minimum Gasteiger partial charge on any atom is -0.366 e. The van der Waals surface area contributed by atoms with E-state index in [4.69, 9.17) is 4.74 Å². The summed E-state index contributed by atoms with van der Waals surface area (Å²) in [6, 6.07) is 0. The molecule has 0 spiro atoms. The summed E-state index contributed by atoms with van der Waals surface area (Å²) in [7, 11) is 8.23. The summed E-state index contributed by atoms with van der Waals surface area (Å²) in [6.07, 6.45) is 1.99. The van der Waals surface area contributed by atoms with Gasteiger partial charge in [0.2, 0.25) is 5.91 Å². The first-order valence-electron chi connectivity index (χ1n) is 7.83. The van der Waals surface area contributed by atoms with Crippen LogP contribution in [0.3, 0.4) is 0 Å². The van der Waals surface area contributed by atoms with Gasteiger partial charge in [-0.3, -0.25) is 4.79 Å². The molecule has 0 radical (unpaired) electrons. The summed E-state index contributed by atoms with van der Waals surface area (Å²) in [4.78, 5) is 18.6. The van der Waals surface area contributed by atoms with E-state index in [1.54, 1.807) is 0 Å². The first-order valence-corrected chi connectivity index (χ1v) is 7.83. The quantitative estimate of drug-likeness (QED) is 0.613. The minimum atomic E-state index is -0.269. The Hall–Kier alpha value is -0.650. The molecular weight excluding hydrogens is 266 g/mol. The molecule has 0 fully saturated rings. The molecule has 0 N–H and O–H groups in total. The van der Waals surface area contributed by atoms with Gasteiger partial charge in [0, 0.05) is 13.1 Å². The van der Waals surface area contributed by atoms with Crippen LogP contribution in [0.15, 0.2) is 0 Å². The van der Waals surface area contributed by atoms with Crippen LogP contribution in [0, 0.1) is 0 Å². The van der Waals surface area contributed by atoms with Crippen LogP contribution in [0.1, 0.15) is 33.6 Å². The van der Waals surface area contributed by atoms with Crippen LogP contribution in [0.4, 0.5) is 0 Å². The molecule has 5 heteroatoms. The van der Waals surface area contributed by atoms with Gasteiger partial charge in [-0.15, -0.1) is 0 Å².